The molecule has 0 radical (unpaired) electrons. The van der Waals surface area contributed by atoms with E-state index in [1.54, 1.807) is 18.4 Å². The zero-order valence-electron chi connectivity index (χ0n) is 10.1. The number of hydrogen-bond acceptors (Lipinski definition) is 4. The maximum absolute atomic E-state index is 12.1. The van der Waals surface area contributed by atoms with Crippen LogP contribution in [0.4, 0.5) is 0 Å². The Morgan fingerprint density at radius 2 is 2.06 bits per heavy atom. The van der Waals surface area contributed by atoms with Crippen molar-refractivity contribution in [2.75, 3.05) is 7.11 Å². The maximum Gasteiger partial charge on any atom is 0.164 e. The molecule has 1 N–H and O–H groups in total. The Morgan fingerprint density at radius 1 is 1.28 bits per heavy atom. The number of hydroxylamine groups is 1. The third-order valence-electron chi connectivity index (χ3n) is 2.63. The molecule has 0 saturated carbocycles. The van der Waals surface area contributed by atoms with E-state index in [1.165, 1.54) is 0 Å². The van der Waals surface area contributed by atoms with Crippen molar-refractivity contribution in [3.63, 3.8) is 0 Å². The fraction of sp³-hybridized carbons (Fsp3) is 0.214. The van der Waals surface area contributed by atoms with Gasteiger partial charge in [-0.2, -0.15) is 5.48 Å². The summed E-state index contributed by atoms with van der Waals surface area (Å²) in [5.41, 5.74) is 3.61. The minimum atomic E-state index is -0.0947. The summed E-state index contributed by atoms with van der Waals surface area (Å²) in [7, 11) is 1.56. The molecular formula is C14H15NO2S. The summed E-state index contributed by atoms with van der Waals surface area (Å²) in [6, 6.07) is 13.2. The summed E-state index contributed by atoms with van der Waals surface area (Å²) in [6.45, 7) is 0. The van der Waals surface area contributed by atoms with Crippen molar-refractivity contribution in [2.24, 2.45) is 0 Å². The Morgan fingerprint density at radius 3 is 2.67 bits per heavy atom. The van der Waals surface area contributed by atoms with Crippen molar-refractivity contribution in [3.05, 3.63) is 58.3 Å². The summed E-state index contributed by atoms with van der Waals surface area (Å²) >= 11 is 1.61. The van der Waals surface area contributed by atoms with Crippen LogP contribution in [0.2, 0.25) is 0 Å². The van der Waals surface area contributed by atoms with Gasteiger partial charge in [-0.05, 0) is 11.4 Å². The minimum absolute atomic E-state index is 0.0947. The Kier molecular flexibility index (Phi) is 4.64. The number of benzene rings is 1. The Bertz CT molecular complexity index is 482. The first-order chi connectivity index (χ1) is 8.81. The van der Waals surface area contributed by atoms with Gasteiger partial charge in [0, 0.05) is 16.9 Å². The van der Waals surface area contributed by atoms with Gasteiger partial charge in [0.05, 0.1) is 13.2 Å². The number of carbonyl (C=O) groups excluding carboxylic acids is 1. The number of nitrogens with one attached hydrogen (secondary N) is 1. The molecule has 0 bridgehead atoms. The van der Waals surface area contributed by atoms with Gasteiger partial charge in [0.15, 0.2) is 5.78 Å². The SMILES string of the molecule is CONC(CC(=O)c1ccccc1)c1cccs1. The van der Waals surface area contributed by atoms with E-state index in [0.29, 0.717) is 6.42 Å². The van der Waals surface area contributed by atoms with E-state index in [9.17, 15) is 4.79 Å². The topological polar surface area (TPSA) is 38.3 Å². The van der Waals surface area contributed by atoms with Gasteiger partial charge < -0.3 is 4.84 Å². The van der Waals surface area contributed by atoms with E-state index in [2.05, 4.69) is 5.48 Å². The molecule has 94 valence electrons. The maximum atomic E-state index is 12.1. The Hall–Kier alpha value is -1.49. The van der Waals surface area contributed by atoms with Crippen LogP contribution in [-0.4, -0.2) is 12.9 Å². The molecular weight excluding hydrogens is 246 g/mol. The van der Waals surface area contributed by atoms with Crippen LogP contribution in [0.1, 0.15) is 27.7 Å². The molecule has 3 nitrogen and oxygen atoms in total. The number of thiophene rings is 1. The first-order valence-corrected chi connectivity index (χ1v) is 6.59. The van der Waals surface area contributed by atoms with Crippen LogP contribution < -0.4 is 5.48 Å². The molecule has 0 fully saturated rings. The first kappa shape index (κ1) is 13.0. The van der Waals surface area contributed by atoms with Crippen LogP contribution >= 0.6 is 11.3 Å². The molecule has 0 aliphatic heterocycles. The van der Waals surface area contributed by atoms with Crippen molar-refractivity contribution in [1.29, 1.82) is 0 Å². The molecule has 1 aromatic heterocycles. The van der Waals surface area contributed by atoms with Crippen LogP contribution in [0.3, 0.4) is 0 Å². The molecule has 2 aromatic rings. The second-order valence-electron chi connectivity index (χ2n) is 3.88. The quantitative estimate of drug-likeness (QED) is 0.641. The third-order valence-corrected chi connectivity index (χ3v) is 3.62. The highest BCUT2D eigenvalue weighted by Crippen LogP contribution is 2.23. The molecule has 4 heteroatoms. The molecule has 1 aromatic carbocycles. The first-order valence-electron chi connectivity index (χ1n) is 5.71. The van der Waals surface area contributed by atoms with Crippen LogP contribution in [0.15, 0.2) is 47.8 Å². The van der Waals surface area contributed by atoms with E-state index < -0.39 is 0 Å². The Balaban J connectivity index is 2.08. The van der Waals surface area contributed by atoms with Gasteiger partial charge in [-0.3, -0.25) is 4.79 Å². The van der Waals surface area contributed by atoms with E-state index in [0.717, 1.165) is 10.4 Å². The van der Waals surface area contributed by atoms with Gasteiger partial charge in [-0.1, -0.05) is 36.4 Å². The summed E-state index contributed by atoms with van der Waals surface area (Å²) < 4.78 is 0. The van der Waals surface area contributed by atoms with Crippen LogP contribution in [0.25, 0.3) is 0 Å². The highest BCUT2D eigenvalue weighted by molar-refractivity contribution is 7.10. The van der Waals surface area contributed by atoms with E-state index >= 15 is 0 Å². The van der Waals surface area contributed by atoms with Gasteiger partial charge in [0.25, 0.3) is 0 Å². The van der Waals surface area contributed by atoms with Crippen LogP contribution in [-0.2, 0) is 4.84 Å². The molecule has 1 atom stereocenters. The van der Waals surface area contributed by atoms with E-state index in [-0.39, 0.29) is 11.8 Å². The molecule has 18 heavy (non-hydrogen) atoms. The summed E-state index contributed by atoms with van der Waals surface area (Å²) in [4.78, 5) is 18.2. The van der Waals surface area contributed by atoms with Gasteiger partial charge >= 0.3 is 0 Å². The Labute approximate surface area is 110 Å². The van der Waals surface area contributed by atoms with E-state index in [1.807, 2.05) is 47.8 Å². The van der Waals surface area contributed by atoms with Gasteiger partial charge in [0.1, 0.15) is 0 Å². The average molecular weight is 261 g/mol. The second-order valence-corrected chi connectivity index (χ2v) is 4.86. The zero-order chi connectivity index (χ0) is 12.8. The van der Waals surface area contributed by atoms with Gasteiger partial charge in [0.2, 0.25) is 0 Å². The molecule has 0 spiro atoms. The lowest BCUT2D eigenvalue weighted by Gasteiger charge is -2.14. The normalized spacial score (nSPS) is 12.3. The largest absolute Gasteiger partial charge is 0.304 e. The summed E-state index contributed by atoms with van der Waals surface area (Å²) in [5.74, 6) is 0.110. The van der Waals surface area contributed by atoms with Crippen molar-refractivity contribution in [1.82, 2.24) is 5.48 Å². The predicted molar refractivity (Wildman–Crippen MR) is 72.6 cm³/mol. The van der Waals surface area contributed by atoms with Crippen molar-refractivity contribution < 1.29 is 9.63 Å². The average Bonchev–Trinajstić information content (AvgIpc) is 2.93. The standard InChI is InChI=1S/C14H15NO2S/c1-17-15-12(14-8-5-9-18-14)10-13(16)11-6-3-2-4-7-11/h2-9,12,15H,10H2,1H3. The second kappa shape index (κ2) is 6.44. The summed E-state index contributed by atoms with van der Waals surface area (Å²) in [5, 5.41) is 1.99. The monoisotopic (exact) mass is 261 g/mol. The van der Waals surface area contributed by atoms with Crippen molar-refractivity contribution in [3.8, 4) is 0 Å². The van der Waals surface area contributed by atoms with Gasteiger partial charge in [-0.25, -0.2) is 0 Å². The van der Waals surface area contributed by atoms with Crippen molar-refractivity contribution >= 4 is 17.1 Å². The molecule has 0 saturated heterocycles. The smallest absolute Gasteiger partial charge is 0.164 e. The molecule has 2 rings (SSSR count). The number of hydrogen-bond donors (Lipinski definition) is 1. The number of ketones is 1. The summed E-state index contributed by atoms with van der Waals surface area (Å²) in [6.07, 6.45) is 0.387. The van der Waals surface area contributed by atoms with Crippen molar-refractivity contribution in [2.45, 2.75) is 12.5 Å². The minimum Gasteiger partial charge on any atom is -0.304 e. The lowest BCUT2D eigenvalue weighted by atomic mass is 10.0. The lowest BCUT2D eigenvalue weighted by Crippen LogP contribution is -2.22. The predicted octanol–water partition coefficient (Wildman–Crippen LogP) is 3.21. The lowest BCUT2D eigenvalue weighted by molar-refractivity contribution is 0.0554. The fourth-order valence-electron chi connectivity index (χ4n) is 1.76. The fourth-order valence-corrected chi connectivity index (χ4v) is 2.53. The number of carbonyl (C=O) groups is 1. The number of rotatable bonds is 6. The molecule has 0 amide bonds. The molecule has 1 heterocycles. The number of Topliss-reactive ketones (excluding diaryl/α,β-unsaturated/α-hetero) is 1. The molecule has 1 unspecified atom stereocenters. The highest BCUT2D eigenvalue weighted by atomic mass is 32.1. The van der Waals surface area contributed by atoms with Crippen LogP contribution in [0, 0.1) is 0 Å². The molecule has 0 aliphatic carbocycles. The molecule has 0 aliphatic rings. The third kappa shape index (κ3) is 3.26. The van der Waals surface area contributed by atoms with E-state index in [4.69, 9.17) is 4.84 Å². The van der Waals surface area contributed by atoms with Crippen LogP contribution in [0.5, 0.6) is 0 Å². The highest BCUT2D eigenvalue weighted by Gasteiger charge is 2.17. The zero-order valence-corrected chi connectivity index (χ0v) is 10.9. The van der Waals surface area contributed by atoms with Gasteiger partial charge in [-0.15, -0.1) is 11.3 Å².